The SMILES string of the molecule is CC1=CC(OS(=O)(=O)C(F)(F)F)CC(C)O1. The Morgan fingerprint density at radius 1 is 1.50 bits per heavy atom. The summed E-state index contributed by atoms with van der Waals surface area (Å²) in [4.78, 5) is 0. The third kappa shape index (κ3) is 3.11. The molecule has 1 aliphatic heterocycles. The fourth-order valence-electron chi connectivity index (χ4n) is 1.35. The maximum Gasteiger partial charge on any atom is 0.523 e. The number of ether oxygens (including phenoxy) is 1. The van der Waals surface area contributed by atoms with Gasteiger partial charge in [-0.1, -0.05) is 0 Å². The molecular formula is C8H11F3O4S. The molecule has 0 bridgehead atoms. The molecule has 0 aromatic rings. The monoisotopic (exact) mass is 260 g/mol. The van der Waals surface area contributed by atoms with Crippen molar-refractivity contribution >= 4 is 10.1 Å². The number of hydrogen-bond acceptors (Lipinski definition) is 4. The minimum absolute atomic E-state index is 0.0622. The van der Waals surface area contributed by atoms with Crippen molar-refractivity contribution in [1.29, 1.82) is 0 Å². The highest BCUT2D eigenvalue weighted by Crippen LogP contribution is 2.28. The van der Waals surface area contributed by atoms with Gasteiger partial charge in [-0.25, -0.2) is 0 Å². The van der Waals surface area contributed by atoms with Crippen molar-refractivity contribution in [1.82, 2.24) is 0 Å². The van der Waals surface area contributed by atoms with Crippen molar-refractivity contribution in [3.05, 3.63) is 11.8 Å². The van der Waals surface area contributed by atoms with E-state index in [1.165, 1.54) is 13.0 Å². The van der Waals surface area contributed by atoms with Gasteiger partial charge in [-0.05, 0) is 19.9 Å². The second kappa shape index (κ2) is 4.25. The molecular weight excluding hydrogens is 249 g/mol. The molecule has 94 valence electrons. The first-order chi connectivity index (χ1) is 7.12. The molecule has 8 heteroatoms. The van der Waals surface area contributed by atoms with Gasteiger partial charge in [0.15, 0.2) is 0 Å². The van der Waals surface area contributed by atoms with Crippen molar-refractivity contribution < 1.29 is 30.5 Å². The highest BCUT2D eigenvalue weighted by atomic mass is 32.2. The summed E-state index contributed by atoms with van der Waals surface area (Å²) < 4.78 is 66.7. The molecule has 4 nitrogen and oxygen atoms in total. The molecule has 0 aromatic heterocycles. The Morgan fingerprint density at radius 2 is 2.06 bits per heavy atom. The van der Waals surface area contributed by atoms with Crippen molar-refractivity contribution in [2.45, 2.75) is 38.0 Å². The number of allylic oxidation sites excluding steroid dienone is 1. The molecule has 0 amide bonds. The number of halogens is 3. The number of rotatable bonds is 2. The highest BCUT2D eigenvalue weighted by molar-refractivity contribution is 7.87. The molecule has 0 saturated carbocycles. The van der Waals surface area contributed by atoms with Crippen LogP contribution in [0.1, 0.15) is 20.3 Å². The van der Waals surface area contributed by atoms with Gasteiger partial charge in [0, 0.05) is 6.42 Å². The first-order valence-electron chi connectivity index (χ1n) is 4.46. The molecule has 1 aliphatic rings. The lowest BCUT2D eigenvalue weighted by atomic mass is 10.1. The Morgan fingerprint density at radius 3 is 2.50 bits per heavy atom. The van der Waals surface area contributed by atoms with Crippen LogP contribution in [0.5, 0.6) is 0 Å². The second-order valence-electron chi connectivity index (χ2n) is 3.48. The van der Waals surface area contributed by atoms with E-state index < -0.39 is 21.7 Å². The van der Waals surface area contributed by atoms with Crippen molar-refractivity contribution in [3.8, 4) is 0 Å². The highest BCUT2D eigenvalue weighted by Gasteiger charge is 2.48. The lowest BCUT2D eigenvalue weighted by molar-refractivity contribution is -0.0582. The van der Waals surface area contributed by atoms with Crippen LogP contribution in [0.4, 0.5) is 13.2 Å². The van der Waals surface area contributed by atoms with Gasteiger partial charge in [0.2, 0.25) is 0 Å². The van der Waals surface area contributed by atoms with Crippen LogP contribution in [-0.2, 0) is 19.0 Å². The summed E-state index contributed by atoms with van der Waals surface area (Å²) in [5.41, 5.74) is -5.39. The topological polar surface area (TPSA) is 52.6 Å². The predicted molar refractivity (Wildman–Crippen MR) is 48.8 cm³/mol. The van der Waals surface area contributed by atoms with Crippen molar-refractivity contribution in [2.24, 2.45) is 0 Å². The minimum Gasteiger partial charge on any atom is -0.495 e. The molecule has 0 fully saturated rings. The molecule has 1 heterocycles. The van der Waals surface area contributed by atoms with Crippen LogP contribution in [0.3, 0.4) is 0 Å². The maximum atomic E-state index is 12.0. The molecule has 2 atom stereocenters. The van der Waals surface area contributed by atoms with Crippen LogP contribution >= 0.6 is 0 Å². The lowest BCUT2D eigenvalue weighted by Crippen LogP contribution is -2.32. The zero-order valence-electron chi connectivity index (χ0n) is 8.61. The molecule has 2 unspecified atom stereocenters. The normalized spacial score (nSPS) is 27.2. The van der Waals surface area contributed by atoms with E-state index >= 15 is 0 Å². The van der Waals surface area contributed by atoms with Crippen LogP contribution in [0, 0.1) is 0 Å². The van der Waals surface area contributed by atoms with E-state index in [9.17, 15) is 21.6 Å². The van der Waals surface area contributed by atoms with Crippen LogP contribution in [-0.4, -0.2) is 26.1 Å². The van der Waals surface area contributed by atoms with Gasteiger partial charge in [-0.2, -0.15) is 21.6 Å². The summed E-state index contributed by atoms with van der Waals surface area (Å²) >= 11 is 0. The molecule has 1 rings (SSSR count). The summed E-state index contributed by atoms with van der Waals surface area (Å²) in [6.45, 7) is 3.14. The van der Waals surface area contributed by atoms with Crippen molar-refractivity contribution in [3.63, 3.8) is 0 Å². The van der Waals surface area contributed by atoms with Crippen LogP contribution < -0.4 is 0 Å². The molecule has 0 aromatic carbocycles. The van der Waals surface area contributed by atoms with Crippen LogP contribution in [0.2, 0.25) is 0 Å². The molecule has 0 aliphatic carbocycles. The Kier molecular flexibility index (Phi) is 3.53. The van der Waals surface area contributed by atoms with Gasteiger partial charge in [-0.3, -0.25) is 4.18 Å². The third-order valence-electron chi connectivity index (χ3n) is 1.91. The largest absolute Gasteiger partial charge is 0.523 e. The third-order valence-corrected chi connectivity index (χ3v) is 2.97. The van der Waals surface area contributed by atoms with E-state index in [4.69, 9.17) is 4.74 Å². The van der Waals surface area contributed by atoms with Gasteiger partial charge < -0.3 is 4.74 Å². The zero-order chi connectivity index (χ0) is 12.6. The maximum absolute atomic E-state index is 12.0. The molecule has 0 N–H and O–H groups in total. The van der Waals surface area contributed by atoms with Crippen LogP contribution in [0.15, 0.2) is 11.8 Å². The van der Waals surface area contributed by atoms with Crippen LogP contribution in [0.25, 0.3) is 0 Å². The average molecular weight is 260 g/mol. The van der Waals surface area contributed by atoms with Gasteiger partial charge >= 0.3 is 15.6 Å². The zero-order valence-corrected chi connectivity index (χ0v) is 9.43. The van der Waals surface area contributed by atoms with E-state index in [1.54, 1.807) is 6.92 Å². The average Bonchev–Trinajstić information content (AvgIpc) is 1.97. The van der Waals surface area contributed by atoms with Gasteiger partial charge in [0.1, 0.15) is 6.10 Å². The Bertz CT molecular complexity index is 385. The van der Waals surface area contributed by atoms with E-state index in [2.05, 4.69) is 4.18 Å². The number of hydrogen-bond donors (Lipinski definition) is 0. The molecule has 16 heavy (non-hydrogen) atoms. The van der Waals surface area contributed by atoms with Crippen molar-refractivity contribution in [2.75, 3.05) is 0 Å². The first-order valence-corrected chi connectivity index (χ1v) is 5.87. The molecule has 0 saturated heterocycles. The fraction of sp³-hybridized carbons (Fsp3) is 0.750. The van der Waals surface area contributed by atoms with E-state index in [0.29, 0.717) is 5.76 Å². The predicted octanol–water partition coefficient (Wildman–Crippen LogP) is 1.93. The molecule has 0 spiro atoms. The summed E-state index contributed by atoms with van der Waals surface area (Å²) in [6, 6.07) is 0. The Labute approximate surface area is 91.2 Å². The lowest BCUT2D eigenvalue weighted by Gasteiger charge is -2.25. The van der Waals surface area contributed by atoms with Gasteiger partial charge in [0.25, 0.3) is 0 Å². The fourth-order valence-corrected chi connectivity index (χ4v) is 1.91. The van der Waals surface area contributed by atoms with E-state index in [-0.39, 0.29) is 12.5 Å². The summed E-state index contributed by atoms with van der Waals surface area (Å²) in [6.07, 6.45) is -0.232. The van der Waals surface area contributed by atoms with Gasteiger partial charge in [0.05, 0.1) is 11.9 Å². The summed E-state index contributed by atoms with van der Waals surface area (Å²) in [5.74, 6) is 0.348. The minimum atomic E-state index is -5.54. The summed E-state index contributed by atoms with van der Waals surface area (Å²) in [7, 11) is -5.54. The van der Waals surface area contributed by atoms with Gasteiger partial charge in [-0.15, -0.1) is 0 Å². The number of alkyl halides is 3. The van der Waals surface area contributed by atoms with E-state index in [0.717, 1.165) is 0 Å². The second-order valence-corrected chi connectivity index (χ2v) is 5.04. The Balaban J connectivity index is 2.80. The quantitative estimate of drug-likeness (QED) is 0.562. The van der Waals surface area contributed by atoms with E-state index in [1.807, 2.05) is 0 Å². The smallest absolute Gasteiger partial charge is 0.495 e. The Hall–Kier alpha value is -0.760. The molecule has 0 radical (unpaired) electrons. The standard InChI is InChI=1S/C8H11F3O4S/c1-5-3-7(4-6(2)14-5)15-16(12,13)8(9,10)11/h3,6-7H,4H2,1-2H3. The first kappa shape index (κ1) is 13.3. The summed E-state index contributed by atoms with van der Waals surface area (Å²) in [5, 5.41) is 0.